The van der Waals surface area contributed by atoms with Crippen LogP contribution in [0, 0.1) is 24.0 Å². The van der Waals surface area contributed by atoms with E-state index in [9.17, 15) is 24.5 Å². The summed E-state index contributed by atoms with van der Waals surface area (Å²) in [6.07, 6.45) is 0. The fraction of sp³-hybridized carbons (Fsp3) is 0.208. The van der Waals surface area contributed by atoms with Crippen LogP contribution >= 0.6 is 11.3 Å². The molecule has 0 bridgehead atoms. The number of thiophene rings is 1. The summed E-state index contributed by atoms with van der Waals surface area (Å²) in [5.74, 6) is -1.22. The first kappa shape index (κ1) is 25.4. The lowest BCUT2D eigenvalue weighted by atomic mass is 10.1. The Bertz CT molecular complexity index is 1300. The topological polar surface area (TPSA) is 137 Å². The molecule has 0 aliphatic heterocycles. The number of nitrogens with zero attached hydrogens (tertiary/aromatic N) is 1. The van der Waals surface area contributed by atoms with Crippen molar-refractivity contribution in [2.45, 2.75) is 20.8 Å². The molecule has 0 spiro atoms. The Morgan fingerprint density at radius 3 is 2.31 bits per heavy atom. The summed E-state index contributed by atoms with van der Waals surface area (Å²) in [6, 6.07) is 10.8. The zero-order valence-electron chi connectivity index (χ0n) is 19.5. The number of rotatable bonds is 8. The third kappa shape index (κ3) is 5.64. The smallest absolute Gasteiger partial charge is 0.341 e. The third-order valence-electron chi connectivity index (χ3n) is 5.06. The lowest BCUT2D eigenvalue weighted by Gasteiger charge is -2.07. The minimum atomic E-state index is -0.732. The molecule has 0 saturated heterocycles. The summed E-state index contributed by atoms with van der Waals surface area (Å²) >= 11 is 0.902. The minimum absolute atomic E-state index is 0.0318. The van der Waals surface area contributed by atoms with Gasteiger partial charge in [0.25, 0.3) is 17.5 Å². The highest BCUT2D eigenvalue weighted by molar-refractivity contribution is 7.19. The molecule has 0 unspecified atom stereocenters. The van der Waals surface area contributed by atoms with Gasteiger partial charge in [-0.15, -0.1) is 11.3 Å². The van der Waals surface area contributed by atoms with Crippen LogP contribution in [0.1, 0.15) is 48.4 Å². The Morgan fingerprint density at radius 2 is 1.71 bits per heavy atom. The molecular weight excluding hydrogens is 474 g/mol. The summed E-state index contributed by atoms with van der Waals surface area (Å²) < 4.78 is 10.2. The molecule has 3 rings (SSSR count). The van der Waals surface area contributed by atoms with Gasteiger partial charge in [0, 0.05) is 22.9 Å². The van der Waals surface area contributed by atoms with Gasteiger partial charge in [-0.2, -0.15) is 0 Å². The first-order valence-corrected chi connectivity index (χ1v) is 11.3. The second-order valence-electron chi connectivity index (χ2n) is 7.38. The molecule has 2 aromatic carbocycles. The number of methoxy groups -OCH3 is 1. The lowest BCUT2D eigenvalue weighted by Crippen LogP contribution is -2.15. The van der Waals surface area contributed by atoms with Crippen LogP contribution in [0.5, 0.6) is 5.75 Å². The molecule has 1 aromatic heterocycles. The van der Waals surface area contributed by atoms with E-state index in [1.54, 1.807) is 38.1 Å². The van der Waals surface area contributed by atoms with Crippen molar-refractivity contribution < 1.29 is 28.8 Å². The Kier molecular flexibility index (Phi) is 7.82. The van der Waals surface area contributed by atoms with Gasteiger partial charge in [-0.3, -0.25) is 19.7 Å². The molecule has 10 nitrogen and oxygen atoms in total. The fourth-order valence-corrected chi connectivity index (χ4v) is 4.36. The van der Waals surface area contributed by atoms with Crippen LogP contribution in [-0.2, 0) is 4.74 Å². The zero-order chi connectivity index (χ0) is 25.7. The third-order valence-corrected chi connectivity index (χ3v) is 6.27. The van der Waals surface area contributed by atoms with Crippen LogP contribution in [0.4, 0.5) is 16.4 Å². The zero-order valence-corrected chi connectivity index (χ0v) is 20.3. The minimum Gasteiger partial charge on any atom is -0.494 e. The van der Waals surface area contributed by atoms with E-state index in [1.165, 1.54) is 19.2 Å². The van der Waals surface area contributed by atoms with E-state index in [1.807, 2.05) is 6.92 Å². The van der Waals surface area contributed by atoms with E-state index in [4.69, 9.17) is 9.47 Å². The summed E-state index contributed by atoms with van der Waals surface area (Å²) in [4.78, 5) is 49.1. The van der Waals surface area contributed by atoms with Crippen LogP contribution in [0.3, 0.4) is 0 Å². The number of esters is 1. The number of benzene rings is 2. The van der Waals surface area contributed by atoms with Crippen LogP contribution in [0.25, 0.3) is 0 Å². The van der Waals surface area contributed by atoms with Gasteiger partial charge in [-0.1, -0.05) is 6.07 Å². The average Bonchev–Trinajstić information content (AvgIpc) is 3.15. The second-order valence-corrected chi connectivity index (χ2v) is 8.40. The average molecular weight is 498 g/mol. The molecule has 35 heavy (non-hydrogen) atoms. The normalized spacial score (nSPS) is 10.4. The van der Waals surface area contributed by atoms with Gasteiger partial charge in [0.05, 0.1) is 29.1 Å². The molecule has 0 radical (unpaired) electrons. The molecule has 2 amide bonds. The van der Waals surface area contributed by atoms with Crippen molar-refractivity contribution in [2.24, 2.45) is 0 Å². The highest BCUT2D eigenvalue weighted by Gasteiger charge is 2.27. The number of ether oxygens (including phenoxy) is 2. The Balaban J connectivity index is 1.90. The van der Waals surface area contributed by atoms with Gasteiger partial charge >= 0.3 is 5.97 Å². The van der Waals surface area contributed by atoms with E-state index in [0.29, 0.717) is 29.2 Å². The number of carbonyl (C=O) groups is 3. The number of anilines is 2. The molecule has 0 aliphatic carbocycles. The highest BCUT2D eigenvalue weighted by atomic mass is 32.1. The molecule has 1 heterocycles. The number of nitro groups is 1. The summed E-state index contributed by atoms with van der Waals surface area (Å²) in [5, 5.41) is 16.7. The van der Waals surface area contributed by atoms with Crippen molar-refractivity contribution in [3.05, 3.63) is 79.7 Å². The molecule has 2 N–H and O–H groups in total. The van der Waals surface area contributed by atoms with Gasteiger partial charge in [0.1, 0.15) is 10.8 Å². The van der Waals surface area contributed by atoms with Crippen LogP contribution in [0.15, 0.2) is 42.5 Å². The first-order valence-electron chi connectivity index (χ1n) is 10.5. The molecule has 0 atom stereocenters. The number of carbonyl (C=O) groups excluding carboxylic acids is 3. The van der Waals surface area contributed by atoms with Crippen molar-refractivity contribution >= 4 is 45.5 Å². The quantitative estimate of drug-likeness (QED) is 0.255. The maximum absolute atomic E-state index is 13.0. The van der Waals surface area contributed by atoms with E-state index in [2.05, 4.69) is 10.6 Å². The number of hydrogen-bond acceptors (Lipinski definition) is 8. The van der Waals surface area contributed by atoms with Crippen LogP contribution < -0.4 is 15.4 Å². The SMILES string of the molecule is CCOc1ccc(NC(=O)c2sc(NC(=O)c3ccc(C)c([N+](=O)[O-])c3)c(C(=O)OC)c2C)cc1. The summed E-state index contributed by atoms with van der Waals surface area (Å²) in [7, 11) is 1.19. The maximum Gasteiger partial charge on any atom is 0.341 e. The van der Waals surface area contributed by atoms with Gasteiger partial charge in [0.15, 0.2) is 0 Å². The Morgan fingerprint density at radius 1 is 1.03 bits per heavy atom. The highest BCUT2D eigenvalue weighted by Crippen LogP contribution is 2.35. The van der Waals surface area contributed by atoms with Crippen LogP contribution in [0.2, 0.25) is 0 Å². The van der Waals surface area contributed by atoms with Gasteiger partial charge < -0.3 is 20.1 Å². The van der Waals surface area contributed by atoms with Crippen molar-refractivity contribution in [3.63, 3.8) is 0 Å². The monoisotopic (exact) mass is 497 g/mol. The number of nitrogens with one attached hydrogen (secondary N) is 2. The molecule has 0 fully saturated rings. The van der Waals surface area contributed by atoms with E-state index in [0.717, 1.165) is 17.4 Å². The molecule has 11 heteroatoms. The number of hydrogen-bond donors (Lipinski definition) is 2. The largest absolute Gasteiger partial charge is 0.494 e. The molecule has 0 aliphatic rings. The number of amides is 2. The first-order chi connectivity index (χ1) is 16.7. The fourth-order valence-electron chi connectivity index (χ4n) is 3.28. The van der Waals surface area contributed by atoms with Gasteiger partial charge in [0.2, 0.25) is 0 Å². The summed E-state index contributed by atoms with van der Waals surface area (Å²) in [5.41, 5.74) is 1.11. The lowest BCUT2D eigenvalue weighted by molar-refractivity contribution is -0.385. The van der Waals surface area contributed by atoms with Crippen molar-refractivity contribution in [2.75, 3.05) is 24.4 Å². The van der Waals surface area contributed by atoms with Crippen molar-refractivity contribution in [1.29, 1.82) is 0 Å². The van der Waals surface area contributed by atoms with Crippen LogP contribution in [-0.4, -0.2) is 36.4 Å². The van der Waals surface area contributed by atoms with Gasteiger partial charge in [-0.25, -0.2) is 4.79 Å². The molecule has 0 saturated carbocycles. The second kappa shape index (κ2) is 10.8. The number of aryl methyl sites for hydroxylation is 1. The molecule has 182 valence electrons. The summed E-state index contributed by atoms with van der Waals surface area (Å²) in [6.45, 7) is 5.51. The molecular formula is C24H23N3O7S. The predicted molar refractivity (Wildman–Crippen MR) is 132 cm³/mol. The van der Waals surface area contributed by atoms with Crippen molar-refractivity contribution in [1.82, 2.24) is 0 Å². The Labute approximate surface area is 205 Å². The van der Waals surface area contributed by atoms with Crippen molar-refractivity contribution in [3.8, 4) is 5.75 Å². The Hall–Kier alpha value is -4.25. The van der Waals surface area contributed by atoms with E-state index >= 15 is 0 Å². The molecule has 3 aromatic rings. The predicted octanol–water partition coefficient (Wildman–Crippen LogP) is 4.96. The van der Waals surface area contributed by atoms with E-state index < -0.39 is 22.7 Å². The number of nitro benzene ring substituents is 1. The standard InChI is InChI=1S/C24H23N3O7S/c1-5-34-17-10-8-16(9-11-17)25-22(29)20-14(3)19(24(30)33-4)23(35-20)26-21(28)15-7-6-13(2)18(12-15)27(31)32/h6-12H,5H2,1-4H3,(H,25,29)(H,26,28). The van der Waals surface area contributed by atoms with E-state index in [-0.39, 0.29) is 26.7 Å². The maximum atomic E-state index is 13.0. The van der Waals surface area contributed by atoms with Gasteiger partial charge in [-0.05, 0) is 56.7 Å².